The van der Waals surface area contributed by atoms with Crippen LogP contribution >= 0.6 is 12.4 Å². The molecule has 3 nitrogen and oxygen atoms in total. The molecule has 0 aliphatic carbocycles. The Bertz CT molecular complexity index is 425. The third-order valence-corrected chi connectivity index (χ3v) is 2.93. The predicted octanol–water partition coefficient (Wildman–Crippen LogP) is 1.73. The molecule has 0 aromatic heterocycles. The van der Waals surface area contributed by atoms with E-state index in [0.29, 0.717) is 24.2 Å². The number of carbonyl (C=O) groups is 1. The lowest BCUT2D eigenvalue weighted by Crippen LogP contribution is -2.31. The predicted molar refractivity (Wildman–Crippen MR) is 66.9 cm³/mol. The molecule has 5 heteroatoms. The fourth-order valence-electron chi connectivity index (χ4n) is 1.88. The Balaban J connectivity index is 0.00000144. The highest BCUT2D eigenvalue weighted by atomic mass is 35.5. The summed E-state index contributed by atoms with van der Waals surface area (Å²) in [6.45, 7) is 2.90. The number of aryl methyl sites for hydroxylation is 1. The Hall–Kier alpha value is -1.13. The summed E-state index contributed by atoms with van der Waals surface area (Å²) in [5.41, 5.74) is 6.68. The number of carbonyl (C=O) groups excluding carboxylic acids is 1. The van der Waals surface area contributed by atoms with Gasteiger partial charge in [0, 0.05) is 24.7 Å². The van der Waals surface area contributed by atoms with Gasteiger partial charge in [0.2, 0.25) is 0 Å². The summed E-state index contributed by atoms with van der Waals surface area (Å²) in [4.78, 5) is 13.6. The second kappa shape index (κ2) is 5.47. The van der Waals surface area contributed by atoms with E-state index < -0.39 is 0 Å². The van der Waals surface area contributed by atoms with Gasteiger partial charge in [0.25, 0.3) is 5.91 Å². The minimum absolute atomic E-state index is 0. The maximum absolute atomic E-state index is 13.3. The number of nitrogens with two attached hydrogens (primary N) is 1. The van der Waals surface area contributed by atoms with Gasteiger partial charge in [-0.15, -0.1) is 12.4 Å². The molecule has 1 saturated heterocycles. The molecule has 1 unspecified atom stereocenters. The zero-order valence-corrected chi connectivity index (χ0v) is 10.5. The third kappa shape index (κ3) is 2.96. The first-order chi connectivity index (χ1) is 7.58. The van der Waals surface area contributed by atoms with Crippen LogP contribution in [0.2, 0.25) is 0 Å². The molecule has 1 aromatic rings. The lowest BCUT2D eigenvalue weighted by molar-refractivity contribution is 0.0790. The van der Waals surface area contributed by atoms with E-state index in [2.05, 4.69) is 0 Å². The molecule has 0 radical (unpaired) electrons. The zero-order valence-electron chi connectivity index (χ0n) is 9.65. The number of halogens is 2. The molecule has 1 aliphatic rings. The quantitative estimate of drug-likeness (QED) is 0.834. The van der Waals surface area contributed by atoms with Crippen molar-refractivity contribution in [3.05, 3.63) is 35.1 Å². The number of amides is 1. The summed E-state index contributed by atoms with van der Waals surface area (Å²) in [5, 5.41) is 0. The van der Waals surface area contributed by atoms with Crippen LogP contribution in [0.5, 0.6) is 0 Å². The molecule has 0 saturated carbocycles. The molecular formula is C12H16ClFN2O. The molecule has 1 fully saturated rings. The molecule has 1 heterocycles. The topological polar surface area (TPSA) is 46.3 Å². The van der Waals surface area contributed by atoms with Crippen molar-refractivity contribution < 1.29 is 9.18 Å². The molecule has 17 heavy (non-hydrogen) atoms. The number of likely N-dealkylation sites (tertiary alicyclic amines) is 1. The molecule has 1 amide bonds. The summed E-state index contributed by atoms with van der Waals surface area (Å²) in [7, 11) is 0. The Morgan fingerprint density at radius 2 is 2.24 bits per heavy atom. The van der Waals surface area contributed by atoms with Crippen LogP contribution in [-0.2, 0) is 0 Å². The molecule has 1 aromatic carbocycles. The molecule has 0 spiro atoms. The Kier molecular flexibility index (Phi) is 4.48. The minimum atomic E-state index is -0.339. The Morgan fingerprint density at radius 1 is 1.53 bits per heavy atom. The van der Waals surface area contributed by atoms with E-state index in [4.69, 9.17) is 5.73 Å². The van der Waals surface area contributed by atoms with Crippen LogP contribution in [-0.4, -0.2) is 29.9 Å². The van der Waals surface area contributed by atoms with Crippen molar-refractivity contribution in [2.45, 2.75) is 19.4 Å². The summed E-state index contributed by atoms with van der Waals surface area (Å²) in [6, 6.07) is 4.63. The van der Waals surface area contributed by atoms with Crippen LogP contribution in [0.15, 0.2) is 18.2 Å². The van der Waals surface area contributed by atoms with E-state index in [-0.39, 0.29) is 30.2 Å². The van der Waals surface area contributed by atoms with Gasteiger partial charge in [-0.05, 0) is 31.0 Å². The van der Waals surface area contributed by atoms with E-state index in [0.717, 1.165) is 6.42 Å². The Labute approximate surface area is 106 Å². The molecule has 1 aliphatic heterocycles. The summed E-state index contributed by atoms with van der Waals surface area (Å²) < 4.78 is 13.3. The maximum Gasteiger partial charge on any atom is 0.254 e. The van der Waals surface area contributed by atoms with Crippen molar-refractivity contribution in [1.29, 1.82) is 0 Å². The van der Waals surface area contributed by atoms with Gasteiger partial charge in [-0.1, -0.05) is 6.07 Å². The van der Waals surface area contributed by atoms with Gasteiger partial charge in [0.05, 0.1) is 0 Å². The largest absolute Gasteiger partial charge is 0.337 e. The first kappa shape index (κ1) is 13.9. The monoisotopic (exact) mass is 258 g/mol. The average molecular weight is 259 g/mol. The van der Waals surface area contributed by atoms with Crippen molar-refractivity contribution in [1.82, 2.24) is 4.90 Å². The first-order valence-electron chi connectivity index (χ1n) is 5.39. The molecule has 0 bridgehead atoms. The minimum Gasteiger partial charge on any atom is -0.337 e. The van der Waals surface area contributed by atoms with Crippen molar-refractivity contribution in [3.63, 3.8) is 0 Å². The van der Waals surface area contributed by atoms with Gasteiger partial charge in [-0.3, -0.25) is 4.79 Å². The van der Waals surface area contributed by atoms with Crippen LogP contribution < -0.4 is 5.73 Å². The smallest absolute Gasteiger partial charge is 0.254 e. The van der Waals surface area contributed by atoms with E-state index in [1.807, 2.05) is 0 Å². The lowest BCUT2D eigenvalue weighted by atomic mass is 10.1. The van der Waals surface area contributed by atoms with Crippen LogP contribution in [0.25, 0.3) is 0 Å². The fraction of sp³-hybridized carbons (Fsp3) is 0.417. The van der Waals surface area contributed by atoms with Gasteiger partial charge in [-0.25, -0.2) is 4.39 Å². The van der Waals surface area contributed by atoms with Crippen molar-refractivity contribution >= 4 is 18.3 Å². The van der Waals surface area contributed by atoms with Crippen LogP contribution in [0, 0.1) is 12.7 Å². The summed E-state index contributed by atoms with van der Waals surface area (Å²) in [5.74, 6) is -0.471. The molecule has 1 atom stereocenters. The van der Waals surface area contributed by atoms with Gasteiger partial charge in [-0.2, -0.15) is 0 Å². The highest BCUT2D eigenvalue weighted by Crippen LogP contribution is 2.15. The molecular weight excluding hydrogens is 243 g/mol. The van der Waals surface area contributed by atoms with E-state index >= 15 is 0 Å². The van der Waals surface area contributed by atoms with Crippen LogP contribution in [0.4, 0.5) is 4.39 Å². The van der Waals surface area contributed by atoms with Gasteiger partial charge >= 0.3 is 0 Å². The van der Waals surface area contributed by atoms with E-state index in [1.165, 1.54) is 6.07 Å². The van der Waals surface area contributed by atoms with Gasteiger partial charge < -0.3 is 10.6 Å². The Morgan fingerprint density at radius 3 is 2.76 bits per heavy atom. The van der Waals surface area contributed by atoms with Gasteiger partial charge in [0.1, 0.15) is 5.82 Å². The van der Waals surface area contributed by atoms with Crippen LogP contribution in [0.1, 0.15) is 22.3 Å². The number of hydrogen-bond donors (Lipinski definition) is 1. The first-order valence-corrected chi connectivity index (χ1v) is 5.39. The second-order valence-corrected chi connectivity index (χ2v) is 4.26. The number of rotatable bonds is 1. The lowest BCUT2D eigenvalue weighted by Gasteiger charge is -2.15. The molecule has 2 N–H and O–H groups in total. The van der Waals surface area contributed by atoms with E-state index in [1.54, 1.807) is 24.0 Å². The van der Waals surface area contributed by atoms with Crippen LogP contribution in [0.3, 0.4) is 0 Å². The van der Waals surface area contributed by atoms with Crippen molar-refractivity contribution in [2.24, 2.45) is 5.73 Å². The third-order valence-electron chi connectivity index (χ3n) is 2.93. The summed E-state index contributed by atoms with van der Waals surface area (Å²) >= 11 is 0. The number of benzene rings is 1. The van der Waals surface area contributed by atoms with Crippen molar-refractivity contribution in [2.75, 3.05) is 13.1 Å². The molecule has 94 valence electrons. The normalized spacial score (nSPS) is 19.0. The zero-order chi connectivity index (χ0) is 11.7. The standard InChI is InChI=1S/C12H15FN2O.ClH/c1-8-2-3-9(6-11(8)13)12(16)15-5-4-10(14)7-15;/h2-3,6,10H,4-5,7,14H2,1H3;1H. The van der Waals surface area contributed by atoms with Crippen molar-refractivity contribution in [3.8, 4) is 0 Å². The fourth-order valence-corrected chi connectivity index (χ4v) is 1.88. The number of nitrogens with zero attached hydrogens (tertiary/aromatic N) is 1. The average Bonchev–Trinajstić information content (AvgIpc) is 2.68. The van der Waals surface area contributed by atoms with Gasteiger partial charge in [0.15, 0.2) is 0 Å². The SMILES string of the molecule is Cc1ccc(C(=O)N2CCC(N)C2)cc1F.Cl. The second-order valence-electron chi connectivity index (χ2n) is 4.26. The molecule has 2 rings (SSSR count). The highest BCUT2D eigenvalue weighted by Gasteiger charge is 2.24. The number of hydrogen-bond acceptors (Lipinski definition) is 2. The van der Waals surface area contributed by atoms with E-state index in [9.17, 15) is 9.18 Å². The maximum atomic E-state index is 13.3. The summed E-state index contributed by atoms with van der Waals surface area (Å²) in [6.07, 6.45) is 0.820. The highest BCUT2D eigenvalue weighted by molar-refractivity contribution is 5.94.